The van der Waals surface area contributed by atoms with Crippen molar-refractivity contribution >= 4 is 12.3 Å². The molecule has 0 aromatic heterocycles. The number of ether oxygens (including phenoxy) is 1. The van der Waals surface area contributed by atoms with Crippen molar-refractivity contribution in [1.82, 2.24) is 4.90 Å². The first-order chi connectivity index (χ1) is 10.9. The van der Waals surface area contributed by atoms with Crippen molar-refractivity contribution in [1.29, 1.82) is 0 Å². The van der Waals surface area contributed by atoms with Crippen LogP contribution in [-0.4, -0.2) is 44.5 Å². The lowest BCUT2D eigenvalue weighted by Crippen LogP contribution is -2.36. The molecule has 1 aromatic rings. The third-order valence-corrected chi connectivity index (χ3v) is 4.05. The van der Waals surface area contributed by atoms with E-state index >= 15 is 0 Å². The Balaban J connectivity index is 1.93. The van der Waals surface area contributed by atoms with Gasteiger partial charge in [-0.15, -0.1) is 0 Å². The highest BCUT2D eigenvalue weighted by Gasteiger charge is 2.25. The average molecular weight is 298 g/mol. The first kappa shape index (κ1) is 14.9. The molecule has 0 atom stereocenters. The van der Waals surface area contributed by atoms with E-state index in [4.69, 9.17) is 9.57 Å². The Kier molecular flexibility index (Phi) is 4.91. The molecule has 1 aliphatic heterocycles. The summed E-state index contributed by atoms with van der Waals surface area (Å²) in [6.45, 7) is 3.45. The van der Waals surface area contributed by atoms with Crippen molar-refractivity contribution in [2.24, 2.45) is 5.16 Å². The summed E-state index contributed by atoms with van der Waals surface area (Å²) >= 11 is 0. The molecule has 0 bridgehead atoms. The molecular weight excluding hydrogens is 276 g/mol. The zero-order valence-electron chi connectivity index (χ0n) is 13.0. The van der Waals surface area contributed by atoms with Gasteiger partial charge in [0.05, 0.1) is 19.4 Å². The monoisotopic (exact) mass is 298 g/mol. The highest BCUT2D eigenvalue weighted by Crippen LogP contribution is 2.34. The van der Waals surface area contributed by atoms with Gasteiger partial charge < -0.3 is 14.5 Å². The van der Waals surface area contributed by atoms with Crippen LogP contribution in [0.1, 0.15) is 18.4 Å². The lowest BCUT2D eigenvalue weighted by molar-refractivity contribution is 0.0548. The van der Waals surface area contributed by atoms with E-state index in [1.165, 1.54) is 22.4 Å². The molecule has 0 amide bonds. The summed E-state index contributed by atoms with van der Waals surface area (Å²) in [5.74, 6) is 0. The molecule has 1 heterocycles. The van der Waals surface area contributed by atoms with Gasteiger partial charge in [0.15, 0.2) is 0 Å². The van der Waals surface area contributed by atoms with Gasteiger partial charge in [0.1, 0.15) is 7.11 Å². The van der Waals surface area contributed by atoms with Crippen LogP contribution in [0.5, 0.6) is 0 Å². The SMILES string of the molecule is CON=CC1=C(N2CCOCC2)C(=Cc2ccccc2)CC1. The standard InChI is InChI=1S/C18H22N2O2/c1-21-19-14-17-8-7-16(13-15-5-3-2-4-6-15)18(17)20-9-11-22-12-10-20/h2-6,13-14H,7-12H2,1H3. The molecule has 2 aliphatic rings. The maximum atomic E-state index is 5.49. The molecule has 1 aromatic carbocycles. The van der Waals surface area contributed by atoms with Gasteiger partial charge in [-0.2, -0.15) is 0 Å². The molecule has 0 radical (unpaired) electrons. The Labute approximate surface area is 131 Å². The van der Waals surface area contributed by atoms with Crippen LogP contribution in [0.4, 0.5) is 0 Å². The second-order valence-electron chi connectivity index (χ2n) is 5.47. The maximum absolute atomic E-state index is 5.49. The molecule has 116 valence electrons. The molecule has 4 nitrogen and oxygen atoms in total. The predicted molar refractivity (Wildman–Crippen MR) is 88.6 cm³/mol. The lowest BCUT2D eigenvalue weighted by atomic mass is 10.1. The van der Waals surface area contributed by atoms with Crippen LogP contribution in [0, 0.1) is 0 Å². The Morgan fingerprint density at radius 3 is 2.64 bits per heavy atom. The molecular formula is C18H22N2O2. The second kappa shape index (κ2) is 7.27. The van der Waals surface area contributed by atoms with E-state index < -0.39 is 0 Å². The number of hydrogen-bond donors (Lipinski definition) is 0. The van der Waals surface area contributed by atoms with Gasteiger partial charge in [0.2, 0.25) is 0 Å². The fraction of sp³-hybridized carbons (Fsp3) is 0.389. The highest BCUT2D eigenvalue weighted by molar-refractivity contribution is 5.83. The van der Waals surface area contributed by atoms with E-state index in [0.717, 1.165) is 39.1 Å². The molecule has 1 aliphatic carbocycles. The van der Waals surface area contributed by atoms with Gasteiger partial charge in [-0.05, 0) is 35.6 Å². The summed E-state index contributed by atoms with van der Waals surface area (Å²) in [4.78, 5) is 7.28. The van der Waals surface area contributed by atoms with E-state index in [-0.39, 0.29) is 0 Å². The molecule has 4 heteroatoms. The maximum Gasteiger partial charge on any atom is 0.106 e. The minimum absolute atomic E-state index is 0.789. The van der Waals surface area contributed by atoms with Gasteiger partial charge in [0.25, 0.3) is 0 Å². The van der Waals surface area contributed by atoms with Gasteiger partial charge in [-0.3, -0.25) is 0 Å². The fourth-order valence-corrected chi connectivity index (χ4v) is 3.04. The largest absolute Gasteiger partial charge is 0.399 e. The van der Waals surface area contributed by atoms with Crippen LogP contribution in [0.25, 0.3) is 6.08 Å². The van der Waals surface area contributed by atoms with E-state index in [0.29, 0.717) is 0 Å². The van der Waals surface area contributed by atoms with Crippen LogP contribution in [0.3, 0.4) is 0 Å². The van der Waals surface area contributed by atoms with Crippen molar-refractivity contribution < 1.29 is 9.57 Å². The van der Waals surface area contributed by atoms with Crippen LogP contribution in [-0.2, 0) is 9.57 Å². The van der Waals surface area contributed by atoms with Crippen molar-refractivity contribution in [2.75, 3.05) is 33.4 Å². The van der Waals surface area contributed by atoms with Crippen molar-refractivity contribution in [3.05, 3.63) is 52.7 Å². The van der Waals surface area contributed by atoms with E-state index in [1.807, 2.05) is 12.3 Å². The van der Waals surface area contributed by atoms with Crippen molar-refractivity contribution in [3.8, 4) is 0 Å². The number of benzene rings is 1. The molecule has 0 saturated carbocycles. The first-order valence-electron chi connectivity index (χ1n) is 7.77. The minimum atomic E-state index is 0.789. The summed E-state index contributed by atoms with van der Waals surface area (Å²) in [5, 5.41) is 3.97. The molecule has 0 spiro atoms. The molecule has 1 fully saturated rings. The van der Waals surface area contributed by atoms with Crippen LogP contribution in [0.2, 0.25) is 0 Å². The second-order valence-corrected chi connectivity index (χ2v) is 5.47. The normalized spacial score (nSPS) is 21.1. The number of allylic oxidation sites excluding steroid dienone is 2. The first-order valence-corrected chi connectivity index (χ1v) is 7.77. The Morgan fingerprint density at radius 1 is 1.14 bits per heavy atom. The van der Waals surface area contributed by atoms with E-state index in [1.54, 1.807) is 7.11 Å². The number of hydrogen-bond acceptors (Lipinski definition) is 4. The smallest absolute Gasteiger partial charge is 0.106 e. The van der Waals surface area contributed by atoms with Crippen molar-refractivity contribution in [2.45, 2.75) is 12.8 Å². The Bertz CT molecular complexity index is 584. The van der Waals surface area contributed by atoms with Gasteiger partial charge >= 0.3 is 0 Å². The summed E-state index contributed by atoms with van der Waals surface area (Å²) in [6.07, 6.45) is 6.21. The summed E-state index contributed by atoms with van der Waals surface area (Å²) in [6, 6.07) is 10.5. The third-order valence-electron chi connectivity index (χ3n) is 4.05. The number of morpholine rings is 1. The summed E-state index contributed by atoms with van der Waals surface area (Å²) < 4.78 is 5.49. The quantitative estimate of drug-likeness (QED) is 0.633. The molecule has 22 heavy (non-hydrogen) atoms. The van der Waals surface area contributed by atoms with Gasteiger partial charge in [0, 0.05) is 18.8 Å². The fourth-order valence-electron chi connectivity index (χ4n) is 3.04. The third kappa shape index (κ3) is 3.39. The van der Waals surface area contributed by atoms with Crippen LogP contribution >= 0.6 is 0 Å². The summed E-state index contributed by atoms with van der Waals surface area (Å²) in [5.41, 5.74) is 5.19. The predicted octanol–water partition coefficient (Wildman–Crippen LogP) is 3.08. The zero-order chi connectivity index (χ0) is 15.2. The average Bonchev–Trinajstić information content (AvgIpc) is 2.97. The number of oxime groups is 1. The number of nitrogens with zero attached hydrogens (tertiary/aromatic N) is 2. The minimum Gasteiger partial charge on any atom is -0.399 e. The van der Waals surface area contributed by atoms with Gasteiger partial charge in [-0.1, -0.05) is 35.5 Å². The van der Waals surface area contributed by atoms with Crippen LogP contribution in [0.15, 0.2) is 52.3 Å². The molecule has 0 N–H and O–H groups in total. The topological polar surface area (TPSA) is 34.1 Å². The molecule has 1 saturated heterocycles. The number of rotatable bonds is 4. The highest BCUT2D eigenvalue weighted by atomic mass is 16.6. The lowest BCUT2D eigenvalue weighted by Gasteiger charge is -2.31. The zero-order valence-corrected chi connectivity index (χ0v) is 13.0. The Hall–Kier alpha value is -2.07. The van der Waals surface area contributed by atoms with E-state index in [2.05, 4.69) is 40.4 Å². The molecule has 3 rings (SSSR count). The van der Waals surface area contributed by atoms with Crippen LogP contribution < -0.4 is 0 Å². The van der Waals surface area contributed by atoms with E-state index in [9.17, 15) is 0 Å². The van der Waals surface area contributed by atoms with Gasteiger partial charge in [-0.25, -0.2) is 0 Å². The molecule has 0 unspecified atom stereocenters. The Morgan fingerprint density at radius 2 is 1.91 bits per heavy atom. The van der Waals surface area contributed by atoms with Crippen molar-refractivity contribution in [3.63, 3.8) is 0 Å². The summed E-state index contributed by atoms with van der Waals surface area (Å²) in [7, 11) is 1.58.